The lowest BCUT2D eigenvalue weighted by Gasteiger charge is -2.35. The van der Waals surface area contributed by atoms with Crippen molar-refractivity contribution in [2.45, 2.75) is 44.0 Å². The highest BCUT2D eigenvalue weighted by atomic mass is 32.2. The van der Waals surface area contributed by atoms with E-state index in [1.807, 2.05) is 18.7 Å². The van der Waals surface area contributed by atoms with Crippen molar-refractivity contribution in [1.29, 1.82) is 0 Å². The van der Waals surface area contributed by atoms with Crippen LogP contribution in [-0.2, 0) is 19.6 Å². The Labute approximate surface area is 191 Å². The number of sulfonamides is 1. The van der Waals surface area contributed by atoms with Crippen LogP contribution in [0.3, 0.4) is 0 Å². The minimum atomic E-state index is -3.62. The maximum Gasteiger partial charge on any atom is 0.263 e. The lowest BCUT2D eigenvalue weighted by atomic mass is 9.92. The average molecular weight is 463 g/mol. The smallest absolute Gasteiger partial charge is 0.263 e. The van der Waals surface area contributed by atoms with Crippen molar-refractivity contribution in [3.8, 4) is 0 Å². The predicted molar refractivity (Wildman–Crippen MR) is 123 cm³/mol. The van der Waals surface area contributed by atoms with Crippen molar-refractivity contribution < 1.29 is 17.9 Å². The molecule has 32 heavy (non-hydrogen) atoms. The minimum absolute atomic E-state index is 0.0114. The van der Waals surface area contributed by atoms with Gasteiger partial charge in [0.05, 0.1) is 18.1 Å². The van der Waals surface area contributed by atoms with Gasteiger partial charge in [0.1, 0.15) is 11.9 Å². The Morgan fingerprint density at radius 2 is 1.84 bits per heavy atom. The molecule has 9 heteroatoms. The number of ether oxygens (including phenoxy) is 1. The summed E-state index contributed by atoms with van der Waals surface area (Å²) in [6.45, 7) is 10.2. The summed E-state index contributed by atoms with van der Waals surface area (Å²) in [7, 11) is -3.62. The number of amides is 1. The molecule has 0 bridgehead atoms. The van der Waals surface area contributed by atoms with Gasteiger partial charge in [0, 0.05) is 31.7 Å². The number of aliphatic imine (C=N–C) groups is 1. The van der Waals surface area contributed by atoms with Gasteiger partial charge in [-0.3, -0.25) is 19.4 Å². The summed E-state index contributed by atoms with van der Waals surface area (Å²) in [6, 6.07) is 6.16. The van der Waals surface area contributed by atoms with Gasteiger partial charge in [0.15, 0.2) is 0 Å². The van der Waals surface area contributed by atoms with Crippen molar-refractivity contribution in [1.82, 2.24) is 14.5 Å². The molecule has 0 saturated carbocycles. The molecule has 176 valence electrons. The maximum absolute atomic E-state index is 13.3. The van der Waals surface area contributed by atoms with Crippen molar-refractivity contribution in [2.24, 2.45) is 16.8 Å². The highest BCUT2D eigenvalue weighted by molar-refractivity contribution is 7.90. The van der Waals surface area contributed by atoms with Gasteiger partial charge in [0.25, 0.3) is 10.0 Å². The molecule has 0 aliphatic carbocycles. The molecule has 1 atom stereocenters. The summed E-state index contributed by atoms with van der Waals surface area (Å²) in [5.41, 5.74) is 0.535. The second kappa shape index (κ2) is 9.89. The Morgan fingerprint density at radius 3 is 2.53 bits per heavy atom. The number of nitrogens with zero attached hydrogens (tertiary/aromatic N) is 3. The molecule has 1 amide bonds. The first-order chi connectivity index (χ1) is 15.3. The van der Waals surface area contributed by atoms with Gasteiger partial charge in [-0.25, -0.2) is 8.42 Å². The zero-order valence-corrected chi connectivity index (χ0v) is 19.8. The number of rotatable bonds is 6. The number of morpholine rings is 1. The van der Waals surface area contributed by atoms with Crippen LogP contribution in [0.1, 0.15) is 38.7 Å². The van der Waals surface area contributed by atoms with Crippen LogP contribution in [0, 0.1) is 11.8 Å². The third-order valence-corrected chi connectivity index (χ3v) is 8.10. The first-order valence-corrected chi connectivity index (χ1v) is 13.1. The van der Waals surface area contributed by atoms with E-state index in [1.54, 1.807) is 24.3 Å². The molecule has 3 aliphatic rings. The third kappa shape index (κ3) is 5.15. The van der Waals surface area contributed by atoms with Gasteiger partial charge in [-0.15, -0.1) is 0 Å². The molecule has 1 N–H and O–H groups in total. The van der Waals surface area contributed by atoms with Gasteiger partial charge < -0.3 is 9.64 Å². The Morgan fingerprint density at radius 1 is 1.16 bits per heavy atom. The van der Waals surface area contributed by atoms with Gasteiger partial charge >= 0.3 is 0 Å². The second-order valence-corrected chi connectivity index (χ2v) is 10.9. The fourth-order valence-electron chi connectivity index (χ4n) is 4.68. The Kier molecular flexibility index (Phi) is 7.17. The maximum atomic E-state index is 13.3. The standard InChI is InChI=1S/C23H34N4O4S/c1-17(2)21(24-22-19-5-3-4-6-20(19)32(29,30)25-22)23(28)27-11-8-18(9-12-27)7-10-26-13-15-31-16-14-26/h3-6,17-18,21H,7-16H2,1-2H3,(H,24,25)/t21-/m0/s1. The molecule has 1 aromatic carbocycles. The van der Waals surface area contributed by atoms with Crippen molar-refractivity contribution in [3.63, 3.8) is 0 Å². The normalized spacial score (nSPS) is 23.8. The fourth-order valence-corrected chi connectivity index (χ4v) is 5.92. The van der Waals surface area contributed by atoms with Gasteiger partial charge in [-0.2, -0.15) is 0 Å². The summed E-state index contributed by atoms with van der Waals surface area (Å²) >= 11 is 0. The van der Waals surface area contributed by atoms with Crippen LogP contribution in [-0.4, -0.2) is 81.9 Å². The zero-order chi connectivity index (χ0) is 22.7. The minimum Gasteiger partial charge on any atom is -0.379 e. The number of hydrogen-bond acceptors (Lipinski definition) is 6. The van der Waals surface area contributed by atoms with E-state index < -0.39 is 16.1 Å². The average Bonchev–Trinajstić information content (AvgIpc) is 3.06. The summed E-state index contributed by atoms with van der Waals surface area (Å²) in [4.78, 5) is 22.5. The molecular formula is C23H34N4O4S. The van der Waals surface area contributed by atoms with Crippen LogP contribution >= 0.6 is 0 Å². The molecular weight excluding hydrogens is 428 g/mol. The number of fused-ring (bicyclic) bond motifs is 1. The third-order valence-electron chi connectivity index (χ3n) is 6.70. The number of amidine groups is 1. The predicted octanol–water partition coefficient (Wildman–Crippen LogP) is 1.71. The van der Waals surface area contributed by atoms with E-state index in [1.165, 1.54) is 0 Å². The van der Waals surface area contributed by atoms with Crippen molar-refractivity contribution in [3.05, 3.63) is 29.8 Å². The van der Waals surface area contributed by atoms with E-state index in [0.717, 1.165) is 65.2 Å². The molecule has 2 fully saturated rings. The summed E-state index contributed by atoms with van der Waals surface area (Å²) in [6.07, 6.45) is 3.18. The van der Waals surface area contributed by atoms with Crippen molar-refractivity contribution in [2.75, 3.05) is 45.9 Å². The number of likely N-dealkylation sites (tertiary alicyclic amines) is 1. The van der Waals surface area contributed by atoms with E-state index in [9.17, 15) is 13.2 Å². The Balaban J connectivity index is 1.38. The quantitative estimate of drug-likeness (QED) is 0.695. The highest BCUT2D eigenvalue weighted by Gasteiger charge is 2.34. The SMILES string of the molecule is CC(C)[C@H](N=C1NS(=O)(=O)c2ccccc21)C(=O)N1CCC(CCN2CCOCC2)CC1. The Hall–Kier alpha value is -1.97. The molecule has 1 aromatic rings. The van der Waals surface area contributed by atoms with Crippen LogP contribution in [0.4, 0.5) is 0 Å². The number of hydrogen-bond donors (Lipinski definition) is 1. The van der Waals surface area contributed by atoms with Crippen LogP contribution in [0.15, 0.2) is 34.2 Å². The molecule has 4 rings (SSSR count). The molecule has 0 aromatic heterocycles. The lowest BCUT2D eigenvalue weighted by molar-refractivity contribution is -0.134. The second-order valence-electron chi connectivity index (χ2n) is 9.28. The number of carbonyl (C=O) groups is 1. The van der Waals surface area contributed by atoms with Gasteiger partial charge in [-0.05, 0) is 49.8 Å². The molecule has 8 nitrogen and oxygen atoms in total. The fraction of sp³-hybridized carbons (Fsp3) is 0.652. The zero-order valence-electron chi connectivity index (χ0n) is 19.0. The van der Waals surface area contributed by atoms with Crippen LogP contribution in [0.5, 0.6) is 0 Å². The summed E-state index contributed by atoms with van der Waals surface area (Å²) in [5, 5.41) is 0. The first kappa shape index (κ1) is 23.2. The Bertz CT molecular complexity index is 948. The topological polar surface area (TPSA) is 91.3 Å². The summed E-state index contributed by atoms with van der Waals surface area (Å²) < 4.78 is 32.8. The van der Waals surface area contributed by atoms with Gasteiger partial charge in [0.2, 0.25) is 5.91 Å². The number of piperidine rings is 1. The first-order valence-electron chi connectivity index (χ1n) is 11.6. The largest absolute Gasteiger partial charge is 0.379 e. The molecule has 0 radical (unpaired) electrons. The van der Waals surface area contributed by atoms with Crippen LogP contribution in [0.25, 0.3) is 0 Å². The van der Waals surface area contributed by atoms with E-state index in [4.69, 9.17) is 4.74 Å². The van der Waals surface area contributed by atoms with Crippen LogP contribution < -0.4 is 4.72 Å². The van der Waals surface area contributed by atoms with E-state index in [0.29, 0.717) is 11.5 Å². The number of nitrogens with one attached hydrogen (secondary N) is 1. The molecule has 0 unspecified atom stereocenters. The van der Waals surface area contributed by atoms with Gasteiger partial charge in [-0.1, -0.05) is 26.0 Å². The van der Waals surface area contributed by atoms with E-state index >= 15 is 0 Å². The summed E-state index contributed by atoms with van der Waals surface area (Å²) in [5.74, 6) is 0.862. The number of carbonyl (C=O) groups excluding carboxylic acids is 1. The molecule has 0 spiro atoms. The molecule has 2 saturated heterocycles. The monoisotopic (exact) mass is 462 g/mol. The van der Waals surface area contributed by atoms with E-state index in [-0.39, 0.29) is 22.6 Å². The van der Waals surface area contributed by atoms with Crippen LogP contribution in [0.2, 0.25) is 0 Å². The highest BCUT2D eigenvalue weighted by Crippen LogP contribution is 2.26. The number of benzene rings is 1. The molecule has 3 heterocycles. The lowest BCUT2D eigenvalue weighted by Crippen LogP contribution is -2.46. The van der Waals surface area contributed by atoms with E-state index in [2.05, 4.69) is 14.6 Å². The molecule has 3 aliphatic heterocycles. The van der Waals surface area contributed by atoms with Crippen molar-refractivity contribution >= 4 is 21.8 Å².